The maximum Gasteiger partial charge on any atom is 0.355 e. The lowest BCUT2D eigenvalue weighted by atomic mass is 9.76. The lowest BCUT2D eigenvalue weighted by Crippen LogP contribution is -2.60. The van der Waals surface area contributed by atoms with Crippen molar-refractivity contribution in [3.05, 3.63) is 95.7 Å². The van der Waals surface area contributed by atoms with Gasteiger partial charge in [0.2, 0.25) is 23.7 Å². The quantitative estimate of drug-likeness (QED) is 0.0643. The van der Waals surface area contributed by atoms with Crippen LogP contribution in [0, 0.1) is 11.8 Å². The molecular weight excluding hydrogens is 847 g/mol. The van der Waals surface area contributed by atoms with Gasteiger partial charge in [0, 0.05) is 43.0 Å². The number of aliphatic hydroxyl groups excluding tert-OH is 2. The molecule has 0 spiro atoms. The molecular formula is C45H51N7O11S. The van der Waals surface area contributed by atoms with Crippen LogP contribution in [0.2, 0.25) is 0 Å². The van der Waals surface area contributed by atoms with Crippen LogP contribution >= 0.6 is 12.2 Å². The molecule has 2 saturated heterocycles. The van der Waals surface area contributed by atoms with Gasteiger partial charge in [0.15, 0.2) is 5.11 Å². The highest BCUT2D eigenvalue weighted by atomic mass is 32.1. The zero-order valence-electron chi connectivity index (χ0n) is 35.8. The summed E-state index contributed by atoms with van der Waals surface area (Å²) in [5.41, 5.74) is 1.89. The van der Waals surface area contributed by atoms with E-state index in [0.29, 0.717) is 34.9 Å². The van der Waals surface area contributed by atoms with E-state index in [1.807, 2.05) is 36.4 Å². The number of benzene rings is 2. The third-order valence-electron chi connectivity index (χ3n) is 12.3. The fourth-order valence-corrected chi connectivity index (χ4v) is 9.00. The number of amides is 2. The monoisotopic (exact) mass is 897 g/mol. The Labute approximate surface area is 374 Å². The Morgan fingerprint density at radius 3 is 2.56 bits per heavy atom. The first-order valence-electron chi connectivity index (χ1n) is 21.2. The standard InChI is InChI=1S/C45H51N7O11S/c1-6-45(30-17-33-35-25(15-24-9-7-8-10-31(24)49-35)19-52(33)40(56)29(30)20-60-43(45)58)63-41(57)34(22(2)3)51-39(55)32(16-27-18-46-21-47-27)50-44(64)48-26-11-13-28(14-12-26)62-42-37(54)38(59-5)36(53)23(4)61-42/h7-15,17-18,21-23,29,32-34,36-38,42,53-54H,6,16,19-20H2,1-5H3,(H,46,47)(H,51,55)(H2,48,50,64)/t23-,29?,32-,33?,34-,36-,37-,38+,42?,45-/m0/s1. The van der Waals surface area contributed by atoms with Gasteiger partial charge in [-0.1, -0.05) is 45.0 Å². The number of nitrogens with zero attached hydrogens (tertiary/aromatic N) is 3. The molecule has 2 fully saturated rings. The van der Waals surface area contributed by atoms with E-state index in [4.69, 9.17) is 40.9 Å². The summed E-state index contributed by atoms with van der Waals surface area (Å²) in [6.45, 7) is 6.94. The van der Waals surface area contributed by atoms with Gasteiger partial charge in [0.25, 0.3) is 0 Å². The van der Waals surface area contributed by atoms with Crippen LogP contribution in [0.4, 0.5) is 5.69 Å². The number of aromatic amines is 1. The third-order valence-corrected chi connectivity index (χ3v) is 12.5. The van der Waals surface area contributed by atoms with E-state index in [2.05, 4.69) is 25.9 Å². The van der Waals surface area contributed by atoms with Gasteiger partial charge in [-0.25, -0.2) is 19.6 Å². The minimum atomic E-state index is -1.94. The summed E-state index contributed by atoms with van der Waals surface area (Å²) >= 11 is 5.63. The summed E-state index contributed by atoms with van der Waals surface area (Å²) in [4.78, 5) is 70.2. The van der Waals surface area contributed by atoms with Crippen LogP contribution < -0.4 is 20.7 Å². The summed E-state index contributed by atoms with van der Waals surface area (Å²) in [6, 6.07) is 13.4. The SMILES string of the molecule is CC[C@@]1(OC(=O)[C@@H](NC(=O)[C@H](Cc2cnc[nH]2)NC(=S)Nc2ccc(OC3O[C@@H](C)[C@H](O)[C@@H](OC)[C@@H]3O)cc2)C(C)C)C(=O)OCC2C(=O)N3Cc4cc5ccccc5nc4C3C=C21. The fraction of sp³-hybridized carbons (Fsp3) is 0.444. The third kappa shape index (κ3) is 8.52. The predicted molar refractivity (Wildman–Crippen MR) is 233 cm³/mol. The Hall–Kier alpha value is -5.99. The van der Waals surface area contributed by atoms with Crippen molar-refractivity contribution in [3.63, 3.8) is 0 Å². The van der Waals surface area contributed by atoms with E-state index in [1.165, 1.54) is 13.4 Å². The Morgan fingerprint density at radius 2 is 1.86 bits per heavy atom. The molecule has 0 saturated carbocycles. The summed E-state index contributed by atoms with van der Waals surface area (Å²) in [6.07, 6.45) is -0.0124. The number of thiocarbonyl (C=S) groups is 1. The van der Waals surface area contributed by atoms with Crippen LogP contribution in [0.1, 0.15) is 57.1 Å². The second kappa shape index (κ2) is 18.2. The van der Waals surface area contributed by atoms with E-state index >= 15 is 0 Å². The number of anilines is 1. The molecule has 6 heterocycles. The number of hydrogen-bond acceptors (Lipinski definition) is 14. The van der Waals surface area contributed by atoms with Crippen LogP contribution in [0.15, 0.2) is 78.8 Å². The zero-order valence-corrected chi connectivity index (χ0v) is 36.7. The molecule has 338 valence electrons. The first kappa shape index (κ1) is 44.6. The molecule has 10 atom stereocenters. The molecule has 2 amide bonds. The highest BCUT2D eigenvalue weighted by Crippen LogP contribution is 2.47. The Kier molecular flexibility index (Phi) is 12.7. The van der Waals surface area contributed by atoms with E-state index in [9.17, 15) is 29.4 Å². The van der Waals surface area contributed by atoms with Crippen molar-refractivity contribution in [2.24, 2.45) is 11.8 Å². The molecule has 0 radical (unpaired) electrons. The highest BCUT2D eigenvalue weighted by Gasteiger charge is 2.58. The van der Waals surface area contributed by atoms with Crippen molar-refractivity contribution in [3.8, 4) is 5.75 Å². The number of rotatable bonds is 13. The number of imidazole rings is 1. The average molecular weight is 898 g/mol. The number of carbonyl (C=O) groups excluding carboxylic acids is 4. The predicted octanol–water partition coefficient (Wildman–Crippen LogP) is 2.75. The van der Waals surface area contributed by atoms with Crippen molar-refractivity contribution in [1.29, 1.82) is 0 Å². The average Bonchev–Trinajstić information content (AvgIpc) is 3.93. The molecule has 4 aliphatic rings. The number of H-pyrrole nitrogens is 1. The van der Waals surface area contributed by atoms with Crippen LogP contribution in [0.5, 0.6) is 5.75 Å². The van der Waals surface area contributed by atoms with Crippen LogP contribution in [-0.2, 0) is 51.1 Å². The number of cyclic esters (lactones) is 1. The summed E-state index contributed by atoms with van der Waals surface area (Å²) in [5, 5.41) is 30.9. The first-order valence-corrected chi connectivity index (χ1v) is 21.6. The molecule has 8 rings (SSSR count). The van der Waals surface area contributed by atoms with Gasteiger partial charge in [-0.05, 0) is 79.0 Å². The number of fused-ring (bicyclic) bond motifs is 5. The van der Waals surface area contributed by atoms with Crippen molar-refractivity contribution in [2.45, 2.75) is 102 Å². The number of ether oxygens (including phenoxy) is 5. The molecule has 64 heavy (non-hydrogen) atoms. The summed E-state index contributed by atoms with van der Waals surface area (Å²) in [7, 11) is 1.39. The van der Waals surface area contributed by atoms with Crippen molar-refractivity contribution < 1.29 is 53.1 Å². The number of aliphatic hydroxyl groups is 2. The Bertz CT molecular complexity index is 2450. The number of pyridine rings is 1. The van der Waals surface area contributed by atoms with Gasteiger partial charge in [0.05, 0.1) is 35.6 Å². The minimum absolute atomic E-state index is 0.0261. The Balaban J connectivity index is 0.972. The van der Waals surface area contributed by atoms with Crippen LogP contribution in [-0.4, -0.2) is 121 Å². The lowest BCUT2D eigenvalue weighted by Gasteiger charge is -2.44. The molecule has 19 heteroatoms. The highest BCUT2D eigenvalue weighted by molar-refractivity contribution is 7.80. The van der Waals surface area contributed by atoms with Gasteiger partial charge >= 0.3 is 11.9 Å². The number of para-hydroxylation sites is 1. The van der Waals surface area contributed by atoms with Crippen LogP contribution in [0.3, 0.4) is 0 Å². The van der Waals surface area contributed by atoms with Crippen molar-refractivity contribution in [2.75, 3.05) is 19.0 Å². The number of methoxy groups -OCH3 is 1. The number of esters is 2. The minimum Gasteiger partial charge on any atom is -0.462 e. The summed E-state index contributed by atoms with van der Waals surface area (Å²) < 4.78 is 28.6. The number of nitrogens with one attached hydrogen (secondary N) is 4. The maximum absolute atomic E-state index is 14.4. The molecule has 6 N–H and O–H groups in total. The fourth-order valence-electron chi connectivity index (χ4n) is 8.74. The van der Waals surface area contributed by atoms with Gasteiger partial charge in [0.1, 0.15) is 42.8 Å². The normalized spacial score (nSPS) is 27.0. The van der Waals surface area contributed by atoms with E-state index in [1.54, 1.807) is 63.1 Å². The van der Waals surface area contributed by atoms with Crippen molar-refractivity contribution >= 4 is 57.7 Å². The largest absolute Gasteiger partial charge is 0.462 e. The maximum atomic E-state index is 14.4. The van der Waals surface area contributed by atoms with Crippen LogP contribution in [0.25, 0.3) is 10.9 Å². The second-order valence-electron chi connectivity index (χ2n) is 16.7. The second-order valence-corrected chi connectivity index (χ2v) is 17.1. The van der Waals surface area contributed by atoms with Gasteiger partial charge in [-0.15, -0.1) is 0 Å². The van der Waals surface area contributed by atoms with E-state index in [0.717, 1.165) is 16.5 Å². The molecule has 4 aliphatic heterocycles. The van der Waals surface area contributed by atoms with Gasteiger partial charge in [-0.2, -0.15) is 0 Å². The molecule has 4 aromatic rings. The topological polar surface area (TPSA) is 236 Å². The van der Waals surface area contributed by atoms with E-state index < -0.39 is 84.1 Å². The number of carbonyl (C=O) groups is 4. The van der Waals surface area contributed by atoms with Crippen molar-refractivity contribution in [1.82, 2.24) is 30.5 Å². The van der Waals surface area contributed by atoms with E-state index in [-0.39, 0.29) is 30.5 Å². The number of hydrogen-bond donors (Lipinski definition) is 6. The molecule has 2 aromatic heterocycles. The number of aromatic nitrogens is 3. The molecule has 0 aliphatic carbocycles. The lowest BCUT2D eigenvalue weighted by molar-refractivity contribution is -0.272. The van der Waals surface area contributed by atoms with Gasteiger partial charge in [-0.3, -0.25) is 9.59 Å². The first-order chi connectivity index (χ1) is 30.7. The van der Waals surface area contributed by atoms with Gasteiger partial charge < -0.3 is 59.7 Å². The zero-order chi connectivity index (χ0) is 45.4. The molecule has 2 aromatic carbocycles. The Morgan fingerprint density at radius 1 is 1.09 bits per heavy atom. The smallest absolute Gasteiger partial charge is 0.355 e. The molecule has 18 nitrogen and oxygen atoms in total. The molecule has 0 bridgehead atoms. The summed E-state index contributed by atoms with van der Waals surface area (Å²) in [5.74, 6) is -3.56. The molecule has 3 unspecified atom stereocenters.